The Kier molecular flexibility index (Phi) is 3.99. The molecule has 2 aliphatic rings. The Hall–Kier alpha value is -1.78. The van der Waals surface area contributed by atoms with Crippen LogP contribution in [0.2, 0.25) is 0 Å². The third-order valence-electron chi connectivity index (χ3n) is 4.29. The molecule has 4 nitrogen and oxygen atoms in total. The average Bonchev–Trinajstić information content (AvgIpc) is 3.32. The Morgan fingerprint density at radius 2 is 2.00 bits per heavy atom. The van der Waals surface area contributed by atoms with Crippen molar-refractivity contribution in [2.24, 2.45) is 5.92 Å². The summed E-state index contributed by atoms with van der Waals surface area (Å²) in [5.41, 5.74) is 0.947. The van der Waals surface area contributed by atoms with E-state index in [0.717, 1.165) is 31.9 Å². The van der Waals surface area contributed by atoms with Gasteiger partial charge in [-0.05, 0) is 30.9 Å². The summed E-state index contributed by atoms with van der Waals surface area (Å²) >= 11 is 0. The number of halogens is 1. The summed E-state index contributed by atoms with van der Waals surface area (Å²) < 4.78 is 18.5. The minimum atomic E-state index is -0.348. The molecule has 1 aromatic carbocycles. The van der Waals surface area contributed by atoms with Gasteiger partial charge in [0.2, 0.25) is 5.91 Å². The Morgan fingerprint density at radius 3 is 2.62 bits per heavy atom. The molecule has 0 unspecified atom stereocenters. The van der Waals surface area contributed by atoms with Gasteiger partial charge in [-0.15, -0.1) is 0 Å². The van der Waals surface area contributed by atoms with E-state index in [9.17, 15) is 9.18 Å². The van der Waals surface area contributed by atoms with Crippen LogP contribution < -0.4 is 9.64 Å². The first kappa shape index (κ1) is 14.2. The molecule has 2 fully saturated rings. The molecule has 1 aliphatic carbocycles. The predicted octanol–water partition coefficient (Wildman–Crippen LogP) is 2.28. The van der Waals surface area contributed by atoms with Crippen LogP contribution in [0.15, 0.2) is 18.2 Å². The quantitative estimate of drug-likeness (QED) is 0.853. The van der Waals surface area contributed by atoms with E-state index in [-0.39, 0.29) is 17.5 Å². The van der Waals surface area contributed by atoms with Gasteiger partial charge in [0, 0.05) is 44.4 Å². The molecular weight excluding hydrogens is 271 g/mol. The first-order valence-electron chi connectivity index (χ1n) is 7.53. The van der Waals surface area contributed by atoms with Gasteiger partial charge in [-0.25, -0.2) is 4.39 Å². The number of anilines is 1. The number of carbonyl (C=O) groups excluding carboxylic acids is 1. The van der Waals surface area contributed by atoms with Crippen molar-refractivity contribution in [3.63, 3.8) is 0 Å². The molecule has 0 N–H and O–H groups in total. The summed E-state index contributed by atoms with van der Waals surface area (Å²) in [6.07, 6.45) is 3.13. The number of ether oxygens (including phenoxy) is 1. The van der Waals surface area contributed by atoms with Gasteiger partial charge >= 0.3 is 0 Å². The van der Waals surface area contributed by atoms with E-state index in [0.29, 0.717) is 12.3 Å². The van der Waals surface area contributed by atoms with Crippen molar-refractivity contribution < 1.29 is 13.9 Å². The van der Waals surface area contributed by atoms with Crippen LogP contribution in [0, 0.1) is 11.7 Å². The fourth-order valence-electron chi connectivity index (χ4n) is 2.76. The van der Waals surface area contributed by atoms with Gasteiger partial charge in [0.15, 0.2) is 11.6 Å². The molecule has 1 aromatic rings. The van der Waals surface area contributed by atoms with Crippen molar-refractivity contribution in [1.29, 1.82) is 0 Å². The van der Waals surface area contributed by atoms with Crippen molar-refractivity contribution in [2.75, 3.05) is 38.2 Å². The minimum absolute atomic E-state index is 0.264. The average molecular weight is 292 g/mol. The number of hydrogen-bond donors (Lipinski definition) is 0. The molecule has 1 saturated carbocycles. The van der Waals surface area contributed by atoms with Gasteiger partial charge in [-0.2, -0.15) is 0 Å². The van der Waals surface area contributed by atoms with Crippen LogP contribution in [0.25, 0.3) is 0 Å². The lowest BCUT2D eigenvalue weighted by molar-refractivity contribution is -0.131. The summed E-state index contributed by atoms with van der Waals surface area (Å²) in [7, 11) is 1.47. The summed E-state index contributed by atoms with van der Waals surface area (Å²) in [5, 5.41) is 0. The SMILES string of the molecule is COc1cc(N2CCN(C(=O)CC3CC3)CC2)ccc1F. The van der Waals surface area contributed by atoms with Gasteiger partial charge in [0.25, 0.3) is 0 Å². The van der Waals surface area contributed by atoms with Crippen LogP contribution in [0.3, 0.4) is 0 Å². The van der Waals surface area contributed by atoms with E-state index in [1.807, 2.05) is 4.90 Å². The van der Waals surface area contributed by atoms with Crippen LogP contribution in [0.1, 0.15) is 19.3 Å². The van der Waals surface area contributed by atoms with Crippen molar-refractivity contribution in [1.82, 2.24) is 4.90 Å². The third-order valence-corrected chi connectivity index (χ3v) is 4.29. The van der Waals surface area contributed by atoms with E-state index in [1.54, 1.807) is 12.1 Å². The number of piperazine rings is 1. The fraction of sp³-hybridized carbons (Fsp3) is 0.562. The van der Waals surface area contributed by atoms with Crippen molar-refractivity contribution in [3.8, 4) is 5.75 Å². The first-order valence-corrected chi connectivity index (χ1v) is 7.53. The van der Waals surface area contributed by atoms with Gasteiger partial charge in [-0.3, -0.25) is 4.79 Å². The highest BCUT2D eigenvalue weighted by Gasteiger charge is 2.28. The van der Waals surface area contributed by atoms with E-state index in [1.165, 1.54) is 26.0 Å². The van der Waals surface area contributed by atoms with Crippen molar-refractivity contribution in [3.05, 3.63) is 24.0 Å². The number of benzene rings is 1. The maximum absolute atomic E-state index is 13.4. The van der Waals surface area contributed by atoms with Gasteiger partial charge in [0.05, 0.1) is 7.11 Å². The van der Waals surface area contributed by atoms with Crippen molar-refractivity contribution in [2.45, 2.75) is 19.3 Å². The number of rotatable bonds is 4. The third kappa shape index (κ3) is 3.28. The molecule has 1 saturated heterocycles. The summed E-state index contributed by atoms with van der Waals surface area (Å²) in [6.45, 7) is 3.05. The maximum Gasteiger partial charge on any atom is 0.222 e. The molecule has 0 atom stereocenters. The van der Waals surface area contributed by atoms with Crippen LogP contribution in [-0.4, -0.2) is 44.1 Å². The van der Waals surface area contributed by atoms with Gasteiger partial charge in [0.1, 0.15) is 0 Å². The zero-order chi connectivity index (χ0) is 14.8. The molecule has 5 heteroatoms. The van der Waals surface area contributed by atoms with Gasteiger partial charge < -0.3 is 14.5 Å². The monoisotopic (exact) mass is 292 g/mol. The van der Waals surface area contributed by atoms with Crippen LogP contribution in [0.4, 0.5) is 10.1 Å². The zero-order valence-corrected chi connectivity index (χ0v) is 12.3. The fourth-order valence-corrected chi connectivity index (χ4v) is 2.76. The largest absolute Gasteiger partial charge is 0.494 e. The van der Waals surface area contributed by atoms with Crippen LogP contribution in [0.5, 0.6) is 5.75 Å². The second-order valence-corrected chi connectivity index (χ2v) is 5.83. The number of amides is 1. The second kappa shape index (κ2) is 5.92. The lowest BCUT2D eigenvalue weighted by Crippen LogP contribution is -2.48. The molecule has 1 aliphatic heterocycles. The molecule has 0 spiro atoms. The van der Waals surface area contributed by atoms with Crippen LogP contribution >= 0.6 is 0 Å². The number of carbonyl (C=O) groups is 1. The summed E-state index contributed by atoms with van der Waals surface area (Å²) in [5.74, 6) is 0.838. The summed E-state index contributed by atoms with van der Waals surface area (Å²) in [4.78, 5) is 16.2. The molecule has 0 aromatic heterocycles. The van der Waals surface area contributed by atoms with E-state index >= 15 is 0 Å². The highest BCUT2D eigenvalue weighted by molar-refractivity contribution is 5.77. The molecule has 0 bridgehead atoms. The number of methoxy groups -OCH3 is 1. The lowest BCUT2D eigenvalue weighted by Gasteiger charge is -2.36. The highest BCUT2D eigenvalue weighted by Crippen LogP contribution is 2.33. The second-order valence-electron chi connectivity index (χ2n) is 5.83. The Balaban J connectivity index is 1.58. The zero-order valence-electron chi connectivity index (χ0n) is 12.3. The molecule has 21 heavy (non-hydrogen) atoms. The summed E-state index contributed by atoms with van der Waals surface area (Å²) in [6, 6.07) is 4.91. The maximum atomic E-state index is 13.4. The highest BCUT2D eigenvalue weighted by atomic mass is 19.1. The normalized spacial score (nSPS) is 18.8. The molecule has 1 amide bonds. The predicted molar refractivity (Wildman–Crippen MR) is 79.1 cm³/mol. The minimum Gasteiger partial charge on any atom is -0.494 e. The van der Waals surface area contributed by atoms with E-state index in [2.05, 4.69) is 4.90 Å². The topological polar surface area (TPSA) is 32.8 Å². The van der Waals surface area contributed by atoms with Gasteiger partial charge in [-0.1, -0.05) is 0 Å². The van der Waals surface area contributed by atoms with Crippen molar-refractivity contribution >= 4 is 11.6 Å². The standard InChI is InChI=1S/C16H21FN2O2/c1-21-15-11-13(4-5-14(15)17)18-6-8-19(9-7-18)16(20)10-12-2-3-12/h4-5,11-12H,2-3,6-10H2,1H3. The first-order chi connectivity index (χ1) is 10.2. The number of nitrogens with zero attached hydrogens (tertiary/aromatic N) is 2. The smallest absolute Gasteiger partial charge is 0.222 e. The molecular formula is C16H21FN2O2. The lowest BCUT2D eigenvalue weighted by atomic mass is 10.2. The molecule has 1 heterocycles. The molecule has 114 valence electrons. The van der Waals surface area contributed by atoms with E-state index in [4.69, 9.17) is 4.74 Å². The number of hydrogen-bond acceptors (Lipinski definition) is 3. The molecule has 0 radical (unpaired) electrons. The Labute approximate surface area is 124 Å². The van der Waals surface area contributed by atoms with Crippen LogP contribution in [-0.2, 0) is 4.79 Å². The Morgan fingerprint density at radius 1 is 1.29 bits per heavy atom. The Bertz CT molecular complexity index is 523. The molecule has 3 rings (SSSR count). The van der Waals surface area contributed by atoms with E-state index < -0.39 is 0 Å².